The number of aliphatic imine (C=N–C) groups is 2. The van der Waals surface area contributed by atoms with Crippen molar-refractivity contribution in [3.05, 3.63) is 87.6 Å². The summed E-state index contributed by atoms with van der Waals surface area (Å²) < 4.78 is 0. The summed E-state index contributed by atoms with van der Waals surface area (Å²) in [5.74, 6) is 0. The lowest BCUT2D eigenvalue weighted by Gasteiger charge is -2.04. The van der Waals surface area contributed by atoms with Crippen LogP contribution < -0.4 is 10.7 Å². The highest BCUT2D eigenvalue weighted by molar-refractivity contribution is 6.25. The molecule has 0 aromatic carbocycles. The number of H-pyrrole nitrogens is 2. The number of hydrogen-bond acceptors (Lipinski definition) is 4. The standard InChI is InChI=1S/C25H26N4O2/c1-14(18-6-5-13-26-18)19-7-8-20(27-19)15(2)21-9-10-22(28-21)16(3)23-11-12-24(29-23)17(4)25(30)31/h5-13,25,27-28,30-31H,1-4H3/b18-14-,21-15-,22-16?,24-17+. The summed E-state index contributed by atoms with van der Waals surface area (Å²) in [4.78, 5) is 15.9. The van der Waals surface area contributed by atoms with E-state index in [2.05, 4.69) is 52.0 Å². The fourth-order valence-electron chi connectivity index (χ4n) is 3.53. The third-order valence-corrected chi connectivity index (χ3v) is 5.74. The van der Waals surface area contributed by atoms with Crippen molar-refractivity contribution in [2.24, 2.45) is 9.98 Å². The van der Waals surface area contributed by atoms with Crippen LogP contribution in [-0.2, 0) is 0 Å². The van der Waals surface area contributed by atoms with Gasteiger partial charge in [0.25, 0.3) is 0 Å². The molecule has 0 fully saturated rings. The van der Waals surface area contributed by atoms with Crippen molar-refractivity contribution in [1.82, 2.24) is 9.97 Å². The van der Waals surface area contributed by atoms with E-state index in [1.807, 2.05) is 31.2 Å². The van der Waals surface area contributed by atoms with Gasteiger partial charge in [0.1, 0.15) is 0 Å². The van der Waals surface area contributed by atoms with Crippen molar-refractivity contribution in [2.45, 2.75) is 34.0 Å². The lowest BCUT2D eigenvalue weighted by molar-refractivity contribution is -0.00824. The van der Waals surface area contributed by atoms with Gasteiger partial charge in [-0.2, -0.15) is 0 Å². The first-order chi connectivity index (χ1) is 14.8. The second-order valence-electron chi connectivity index (χ2n) is 7.74. The number of hydrogen-bond donors (Lipinski definition) is 4. The van der Waals surface area contributed by atoms with Crippen LogP contribution in [0.2, 0.25) is 0 Å². The number of aliphatic hydroxyl groups excluding tert-OH is 1. The molecule has 4 rings (SSSR count). The van der Waals surface area contributed by atoms with Crippen LogP contribution in [0.15, 0.2) is 75.5 Å². The van der Waals surface area contributed by atoms with Crippen LogP contribution in [0.25, 0.3) is 16.7 Å². The molecule has 0 amide bonds. The lowest BCUT2D eigenvalue weighted by Crippen LogP contribution is -2.16. The normalized spacial score (nSPS) is 20.5. The van der Waals surface area contributed by atoms with Crippen LogP contribution in [0, 0.1) is 0 Å². The van der Waals surface area contributed by atoms with Crippen LogP contribution in [0.4, 0.5) is 0 Å². The topological polar surface area (TPSA) is 96.8 Å². The third-order valence-electron chi connectivity index (χ3n) is 5.74. The van der Waals surface area contributed by atoms with Gasteiger partial charge in [0.15, 0.2) is 6.29 Å². The van der Waals surface area contributed by atoms with Gasteiger partial charge >= 0.3 is 0 Å². The van der Waals surface area contributed by atoms with E-state index >= 15 is 0 Å². The molecule has 31 heavy (non-hydrogen) atoms. The number of aromatic nitrogens is 2. The van der Waals surface area contributed by atoms with Gasteiger partial charge < -0.3 is 20.2 Å². The monoisotopic (exact) mass is 414 g/mol. The van der Waals surface area contributed by atoms with E-state index in [0.717, 1.165) is 50.2 Å². The molecular weight excluding hydrogens is 388 g/mol. The molecule has 4 heterocycles. The van der Waals surface area contributed by atoms with Gasteiger partial charge in [-0.25, -0.2) is 4.99 Å². The fourth-order valence-corrected chi connectivity index (χ4v) is 3.53. The molecule has 0 bridgehead atoms. The summed E-state index contributed by atoms with van der Waals surface area (Å²) in [6.07, 6.45) is 7.94. The molecule has 2 aromatic rings. The first-order valence-electron chi connectivity index (χ1n) is 10.2. The maximum atomic E-state index is 9.36. The summed E-state index contributed by atoms with van der Waals surface area (Å²) >= 11 is 0. The van der Waals surface area contributed by atoms with Crippen molar-refractivity contribution in [3.63, 3.8) is 0 Å². The van der Waals surface area contributed by atoms with Crippen molar-refractivity contribution in [2.75, 3.05) is 0 Å². The van der Waals surface area contributed by atoms with E-state index < -0.39 is 6.29 Å². The van der Waals surface area contributed by atoms with E-state index in [-0.39, 0.29) is 0 Å². The molecule has 2 aliphatic heterocycles. The molecule has 0 saturated heterocycles. The number of aromatic amines is 2. The Morgan fingerprint density at radius 1 is 0.774 bits per heavy atom. The minimum atomic E-state index is -1.50. The zero-order valence-electron chi connectivity index (χ0n) is 18.1. The molecule has 2 aromatic heterocycles. The molecule has 0 saturated carbocycles. The van der Waals surface area contributed by atoms with Crippen LogP contribution >= 0.6 is 0 Å². The van der Waals surface area contributed by atoms with Gasteiger partial charge in [0.05, 0.1) is 17.1 Å². The highest BCUT2D eigenvalue weighted by atomic mass is 16.5. The first-order valence-corrected chi connectivity index (χ1v) is 10.2. The summed E-state index contributed by atoms with van der Waals surface area (Å²) in [6, 6.07) is 8.25. The maximum Gasteiger partial charge on any atom is 0.176 e. The molecule has 0 spiro atoms. The minimum absolute atomic E-state index is 0.432. The molecule has 0 aliphatic carbocycles. The molecule has 0 atom stereocenters. The van der Waals surface area contributed by atoms with Crippen LogP contribution in [-0.4, -0.2) is 38.4 Å². The largest absolute Gasteiger partial charge is 0.365 e. The molecule has 4 N–H and O–H groups in total. The summed E-state index contributed by atoms with van der Waals surface area (Å²) in [5, 5.41) is 20.7. The number of allylic oxidation sites excluding steroid dienone is 5. The smallest absolute Gasteiger partial charge is 0.176 e. The van der Waals surface area contributed by atoms with Crippen LogP contribution in [0.1, 0.15) is 39.1 Å². The summed E-state index contributed by atoms with van der Waals surface area (Å²) in [5.41, 5.74) is 8.10. The second kappa shape index (κ2) is 8.34. The van der Waals surface area contributed by atoms with Gasteiger partial charge in [0.2, 0.25) is 0 Å². The molecule has 2 aliphatic rings. The molecule has 158 valence electrons. The highest BCUT2D eigenvalue weighted by Crippen LogP contribution is 2.23. The van der Waals surface area contributed by atoms with Gasteiger partial charge in [-0.05, 0) is 93.0 Å². The van der Waals surface area contributed by atoms with Crippen LogP contribution in [0.3, 0.4) is 0 Å². The van der Waals surface area contributed by atoms with E-state index in [4.69, 9.17) is 0 Å². The SMILES string of the molecule is CC(C1=N/C(=C(\C)C(O)O)C=C1)=c1cc/c(=C(\C)c2ccc(/C(C)=C3/C=CC=N3)[nH]2)[nH]1. The van der Waals surface area contributed by atoms with Crippen molar-refractivity contribution in [1.29, 1.82) is 0 Å². The van der Waals surface area contributed by atoms with Crippen LogP contribution in [0.5, 0.6) is 0 Å². The predicted octanol–water partition coefficient (Wildman–Crippen LogP) is 2.70. The second-order valence-corrected chi connectivity index (χ2v) is 7.74. The Morgan fingerprint density at radius 3 is 2.10 bits per heavy atom. The number of rotatable bonds is 4. The number of aliphatic hydroxyl groups is 2. The molecule has 0 radical (unpaired) electrons. The van der Waals surface area contributed by atoms with E-state index in [9.17, 15) is 10.2 Å². The Morgan fingerprint density at radius 2 is 1.45 bits per heavy atom. The zero-order valence-corrected chi connectivity index (χ0v) is 18.1. The van der Waals surface area contributed by atoms with Crippen molar-refractivity contribution in [3.8, 4) is 0 Å². The molecule has 6 nitrogen and oxygen atoms in total. The Kier molecular flexibility index (Phi) is 5.59. The minimum Gasteiger partial charge on any atom is -0.365 e. The maximum absolute atomic E-state index is 9.36. The van der Waals surface area contributed by atoms with Crippen molar-refractivity contribution < 1.29 is 10.2 Å². The van der Waals surface area contributed by atoms with E-state index in [1.165, 1.54) is 0 Å². The van der Waals surface area contributed by atoms with E-state index in [1.54, 1.807) is 19.2 Å². The number of nitrogens with zero attached hydrogens (tertiary/aromatic N) is 2. The lowest BCUT2D eigenvalue weighted by atomic mass is 10.2. The van der Waals surface area contributed by atoms with E-state index in [0.29, 0.717) is 11.3 Å². The van der Waals surface area contributed by atoms with Gasteiger partial charge in [-0.15, -0.1) is 0 Å². The summed E-state index contributed by atoms with van der Waals surface area (Å²) in [6.45, 7) is 7.80. The average Bonchev–Trinajstić information content (AvgIpc) is 3.58. The van der Waals surface area contributed by atoms with Gasteiger partial charge in [-0.1, -0.05) is 0 Å². The first kappa shape index (κ1) is 20.8. The Bertz CT molecular complexity index is 1320. The molecule has 6 heteroatoms. The predicted molar refractivity (Wildman–Crippen MR) is 126 cm³/mol. The Hall–Kier alpha value is -3.48. The van der Waals surface area contributed by atoms with Gasteiger partial charge in [-0.3, -0.25) is 4.99 Å². The Balaban J connectivity index is 1.69. The number of nitrogens with one attached hydrogen (secondary N) is 2. The summed E-state index contributed by atoms with van der Waals surface area (Å²) in [7, 11) is 0. The molecular formula is C25H26N4O2. The van der Waals surface area contributed by atoms with Crippen molar-refractivity contribution >= 4 is 28.6 Å². The highest BCUT2D eigenvalue weighted by Gasteiger charge is 2.13. The average molecular weight is 415 g/mol. The fraction of sp³-hybridized carbons (Fsp3) is 0.200. The molecule has 0 unspecified atom stereocenters. The third kappa shape index (κ3) is 4.08. The van der Waals surface area contributed by atoms with Gasteiger partial charge in [0, 0.05) is 33.9 Å². The zero-order chi connectivity index (χ0) is 22.1. The Labute approximate surface area is 180 Å². The quantitative estimate of drug-likeness (QED) is 0.579.